The minimum Gasteiger partial charge on any atom is -0.462 e. The first-order chi connectivity index (χ1) is 14.0. The van der Waals surface area contributed by atoms with Crippen LogP contribution in [-0.4, -0.2) is 29.6 Å². The lowest BCUT2D eigenvalue weighted by Gasteiger charge is -2.58. The molecule has 0 radical (unpaired) electrons. The molecule has 4 aliphatic carbocycles. The summed E-state index contributed by atoms with van der Waals surface area (Å²) in [5.74, 6) is 0.767. The number of carbonyl (C=O) groups is 1. The second-order valence-electron chi connectivity index (χ2n) is 11.4. The molecule has 5 aliphatic rings. The number of hydrogen-bond acceptors (Lipinski definition) is 5. The highest BCUT2D eigenvalue weighted by Gasteiger charge is 2.73. The maximum atomic E-state index is 11.4. The monoisotopic (exact) mass is 413 g/mol. The van der Waals surface area contributed by atoms with Gasteiger partial charge in [0.05, 0.1) is 0 Å². The predicted octanol–water partition coefficient (Wildman–Crippen LogP) is 4.90. The van der Waals surface area contributed by atoms with Crippen LogP contribution in [0.2, 0.25) is 0 Å². The van der Waals surface area contributed by atoms with Crippen molar-refractivity contribution in [2.45, 2.75) is 103 Å². The zero-order chi connectivity index (χ0) is 21.5. The van der Waals surface area contributed by atoms with Gasteiger partial charge in [0.1, 0.15) is 18.3 Å². The molecule has 0 bridgehead atoms. The third-order valence-corrected chi connectivity index (χ3v) is 9.55. The molecule has 1 aliphatic heterocycles. The SMILES string of the molecule is CC(=O)O[C@H]1CC[C@]2(C)C(=CC[C@H]3[C@H]2CC[C@@]2(C)[C@H]3C[C@H]3OC(C)(C)O[C@]32C#N)C1. The highest BCUT2D eigenvalue weighted by atomic mass is 16.8. The number of hydrogen-bond donors (Lipinski definition) is 0. The Morgan fingerprint density at radius 3 is 2.67 bits per heavy atom. The fourth-order valence-corrected chi connectivity index (χ4v) is 8.23. The van der Waals surface area contributed by atoms with Crippen LogP contribution < -0.4 is 0 Å². The number of ether oxygens (including phenoxy) is 3. The van der Waals surface area contributed by atoms with E-state index in [0.29, 0.717) is 17.8 Å². The molecular weight excluding hydrogens is 378 g/mol. The van der Waals surface area contributed by atoms with Crippen molar-refractivity contribution in [3.63, 3.8) is 0 Å². The Morgan fingerprint density at radius 2 is 1.97 bits per heavy atom. The first-order valence-electron chi connectivity index (χ1n) is 11.7. The molecule has 164 valence electrons. The second kappa shape index (κ2) is 6.33. The summed E-state index contributed by atoms with van der Waals surface area (Å²) in [6.07, 6.45) is 9.37. The van der Waals surface area contributed by atoms with Gasteiger partial charge in [-0.05, 0) is 75.5 Å². The molecule has 0 spiro atoms. The normalized spacial score (nSPS) is 50.9. The van der Waals surface area contributed by atoms with Gasteiger partial charge in [-0.15, -0.1) is 0 Å². The lowest BCUT2D eigenvalue weighted by Crippen LogP contribution is -2.56. The van der Waals surface area contributed by atoms with Gasteiger partial charge in [0.25, 0.3) is 0 Å². The fraction of sp³-hybridized carbons (Fsp3) is 0.840. The molecule has 0 N–H and O–H groups in total. The average Bonchev–Trinajstić information content (AvgIpc) is 3.07. The van der Waals surface area contributed by atoms with Crippen LogP contribution in [0.1, 0.15) is 79.6 Å². The van der Waals surface area contributed by atoms with Crippen molar-refractivity contribution in [2.24, 2.45) is 28.6 Å². The number of esters is 1. The van der Waals surface area contributed by atoms with E-state index in [1.165, 1.54) is 12.5 Å². The van der Waals surface area contributed by atoms with E-state index in [1.54, 1.807) is 0 Å². The topological polar surface area (TPSA) is 68.6 Å². The zero-order valence-corrected chi connectivity index (χ0v) is 19.0. The van der Waals surface area contributed by atoms with E-state index >= 15 is 0 Å². The predicted molar refractivity (Wildman–Crippen MR) is 111 cm³/mol. The van der Waals surface area contributed by atoms with Crippen molar-refractivity contribution in [2.75, 3.05) is 0 Å². The van der Waals surface area contributed by atoms with E-state index in [2.05, 4.69) is 26.0 Å². The minimum atomic E-state index is -0.829. The third-order valence-electron chi connectivity index (χ3n) is 9.55. The van der Waals surface area contributed by atoms with Crippen molar-refractivity contribution in [3.8, 4) is 6.07 Å². The van der Waals surface area contributed by atoms with Gasteiger partial charge >= 0.3 is 5.97 Å². The molecule has 3 saturated carbocycles. The van der Waals surface area contributed by atoms with E-state index in [9.17, 15) is 10.1 Å². The first kappa shape index (κ1) is 20.5. The van der Waals surface area contributed by atoms with Crippen LogP contribution >= 0.6 is 0 Å². The second-order valence-corrected chi connectivity index (χ2v) is 11.4. The number of fused-ring (bicyclic) bond motifs is 7. The molecule has 0 unspecified atom stereocenters. The van der Waals surface area contributed by atoms with E-state index in [0.717, 1.165) is 44.9 Å². The van der Waals surface area contributed by atoms with Crippen LogP contribution in [0.15, 0.2) is 11.6 Å². The van der Waals surface area contributed by atoms with Crippen LogP contribution in [0.4, 0.5) is 0 Å². The Bertz CT molecular complexity index is 843. The van der Waals surface area contributed by atoms with E-state index < -0.39 is 11.4 Å². The summed E-state index contributed by atoms with van der Waals surface area (Å²) in [7, 11) is 0. The number of carbonyl (C=O) groups excluding carboxylic acids is 1. The van der Waals surface area contributed by atoms with E-state index in [1.807, 2.05) is 13.8 Å². The molecule has 8 atom stereocenters. The Labute approximate surface area is 180 Å². The van der Waals surface area contributed by atoms with Crippen LogP contribution in [0.25, 0.3) is 0 Å². The molecule has 0 aromatic carbocycles. The Morgan fingerprint density at radius 1 is 1.20 bits per heavy atom. The lowest BCUT2D eigenvalue weighted by molar-refractivity contribution is -0.199. The van der Waals surface area contributed by atoms with Crippen molar-refractivity contribution in [1.29, 1.82) is 5.26 Å². The Balaban J connectivity index is 1.45. The van der Waals surface area contributed by atoms with Gasteiger partial charge in [0, 0.05) is 18.8 Å². The van der Waals surface area contributed by atoms with Gasteiger partial charge in [-0.2, -0.15) is 5.26 Å². The van der Waals surface area contributed by atoms with E-state index in [-0.39, 0.29) is 29.0 Å². The molecule has 30 heavy (non-hydrogen) atoms. The first-order valence-corrected chi connectivity index (χ1v) is 11.7. The minimum absolute atomic E-state index is 0.0314. The van der Waals surface area contributed by atoms with Crippen molar-refractivity contribution >= 4 is 5.97 Å². The third kappa shape index (κ3) is 2.56. The summed E-state index contributed by atoms with van der Waals surface area (Å²) in [5, 5.41) is 10.3. The summed E-state index contributed by atoms with van der Waals surface area (Å²) >= 11 is 0. The van der Waals surface area contributed by atoms with Crippen LogP contribution in [0.5, 0.6) is 0 Å². The number of nitrogens with zero attached hydrogens (tertiary/aromatic N) is 1. The zero-order valence-electron chi connectivity index (χ0n) is 19.0. The van der Waals surface area contributed by atoms with Gasteiger partial charge in [-0.1, -0.05) is 25.5 Å². The largest absolute Gasteiger partial charge is 0.462 e. The van der Waals surface area contributed by atoms with Crippen LogP contribution in [-0.2, 0) is 19.0 Å². The number of rotatable bonds is 1. The summed E-state index contributed by atoms with van der Waals surface area (Å²) in [6.45, 7) is 10.1. The smallest absolute Gasteiger partial charge is 0.302 e. The van der Waals surface area contributed by atoms with Crippen molar-refractivity contribution in [3.05, 3.63) is 11.6 Å². The fourth-order valence-electron chi connectivity index (χ4n) is 8.23. The molecule has 0 amide bonds. The summed E-state index contributed by atoms with van der Waals surface area (Å²) in [5.41, 5.74) is 0.674. The molecule has 5 heteroatoms. The Kier molecular flexibility index (Phi) is 4.33. The summed E-state index contributed by atoms with van der Waals surface area (Å²) in [4.78, 5) is 11.4. The van der Waals surface area contributed by atoms with Gasteiger partial charge in [-0.25, -0.2) is 0 Å². The molecule has 0 aromatic rings. The lowest BCUT2D eigenvalue weighted by atomic mass is 9.47. The van der Waals surface area contributed by atoms with Gasteiger partial charge < -0.3 is 14.2 Å². The number of nitriles is 1. The summed E-state index contributed by atoms with van der Waals surface area (Å²) < 4.78 is 18.2. The van der Waals surface area contributed by atoms with Crippen LogP contribution in [0, 0.1) is 39.9 Å². The van der Waals surface area contributed by atoms with Crippen molar-refractivity contribution in [1.82, 2.24) is 0 Å². The molecular formula is C25H35NO4. The average molecular weight is 414 g/mol. The molecule has 0 aromatic heterocycles. The molecule has 1 saturated heterocycles. The van der Waals surface area contributed by atoms with Crippen LogP contribution in [0.3, 0.4) is 0 Å². The van der Waals surface area contributed by atoms with Crippen molar-refractivity contribution < 1.29 is 19.0 Å². The van der Waals surface area contributed by atoms with E-state index in [4.69, 9.17) is 14.2 Å². The standard InChI is InChI=1S/C25H35NO4/c1-15(27)28-17-8-10-23(4)16(12-17)6-7-18-19(23)9-11-24(5)20(18)13-21-25(24,14-26)30-22(2,3)29-21/h6,17-21H,7-13H2,1-5H3/t17-,18-,19+,20-,21+,23+,24-,25+/m0/s1. The maximum absolute atomic E-state index is 11.4. The maximum Gasteiger partial charge on any atom is 0.302 e. The quantitative estimate of drug-likeness (QED) is 0.451. The number of allylic oxidation sites excluding steroid dienone is 1. The van der Waals surface area contributed by atoms with Gasteiger partial charge in [-0.3, -0.25) is 4.79 Å². The molecule has 1 heterocycles. The van der Waals surface area contributed by atoms with Gasteiger partial charge in [0.2, 0.25) is 0 Å². The highest BCUT2D eigenvalue weighted by Crippen LogP contribution is 2.70. The summed E-state index contributed by atoms with van der Waals surface area (Å²) in [6, 6.07) is 2.61. The molecule has 5 rings (SSSR count). The molecule has 4 fully saturated rings. The highest BCUT2D eigenvalue weighted by molar-refractivity contribution is 5.66. The van der Waals surface area contributed by atoms with Gasteiger partial charge in [0.15, 0.2) is 11.4 Å². The molecule has 5 nitrogen and oxygen atoms in total. The Hall–Kier alpha value is -1.38.